The minimum atomic E-state index is -0.975. The molecule has 0 radical (unpaired) electrons. The number of carbonyl (C=O) groups excluding carboxylic acids is 3. The Labute approximate surface area is 201 Å². The van der Waals surface area contributed by atoms with Crippen molar-refractivity contribution in [3.05, 3.63) is 52.6 Å². The Kier molecular flexibility index (Phi) is 6.59. The quantitative estimate of drug-likeness (QED) is 0.351. The number of urea groups is 1. The summed E-state index contributed by atoms with van der Waals surface area (Å²) in [7, 11) is 1.53. The number of nitro groups is 1. The number of nitrogens with one attached hydrogen (secondary N) is 2. The zero-order valence-electron chi connectivity index (χ0n) is 19.4. The normalized spacial score (nSPS) is 21.5. The second-order valence-electron chi connectivity index (χ2n) is 8.83. The third-order valence-corrected chi connectivity index (χ3v) is 6.46. The standard InChI is InChI=1S/C24H26N4O7/c1-15-9-11-24(12-10-15)22(30)27(23(31)25-24)26-21(29)14-35-20-8-5-17(28(32)33)13-19(20)16-3-6-18(34-2)7-4-16/h3-8,13,15H,9-12,14H2,1-2H3,(H,25,31)(H,26,29). The summed E-state index contributed by atoms with van der Waals surface area (Å²) in [5, 5.41) is 14.7. The second kappa shape index (κ2) is 9.61. The van der Waals surface area contributed by atoms with Gasteiger partial charge in [-0.25, -0.2) is 4.79 Å². The lowest BCUT2D eigenvalue weighted by atomic mass is 9.77. The van der Waals surface area contributed by atoms with Crippen molar-refractivity contribution in [1.29, 1.82) is 0 Å². The van der Waals surface area contributed by atoms with Crippen LogP contribution in [0.4, 0.5) is 10.5 Å². The fourth-order valence-corrected chi connectivity index (χ4v) is 4.37. The van der Waals surface area contributed by atoms with Crippen LogP contribution < -0.4 is 20.2 Å². The predicted octanol–water partition coefficient (Wildman–Crippen LogP) is 3.18. The fraction of sp³-hybridized carbons (Fsp3) is 0.375. The number of methoxy groups -OCH3 is 1. The van der Waals surface area contributed by atoms with Crippen LogP contribution in [0.25, 0.3) is 11.1 Å². The number of amides is 4. The summed E-state index contributed by atoms with van der Waals surface area (Å²) in [4.78, 5) is 48.6. The van der Waals surface area contributed by atoms with E-state index in [4.69, 9.17) is 9.47 Å². The van der Waals surface area contributed by atoms with Gasteiger partial charge in [-0.15, -0.1) is 0 Å². The predicted molar refractivity (Wildman–Crippen MR) is 124 cm³/mol. The Balaban J connectivity index is 1.46. The van der Waals surface area contributed by atoms with E-state index in [1.807, 2.05) is 0 Å². The number of non-ortho nitro benzene ring substituents is 1. The molecule has 1 aliphatic heterocycles. The highest BCUT2D eigenvalue weighted by Crippen LogP contribution is 2.36. The molecular formula is C24H26N4O7. The smallest absolute Gasteiger partial charge is 0.344 e. The maximum absolute atomic E-state index is 12.9. The van der Waals surface area contributed by atoms with Gasteiger partial charge in [0.2, 0.25) is 0 Å². The van der Waals surface area contributed by atoms with Crippen LogP contribution in [0.1, 0.15) is 32.6 Å². The van der Waals surface area contributed by atoms with Gasteiger partial charge in [0.25, 0.3) is 17.5 Å². The van der Waals surface area contributed by atoms with Crippen molar-refractivity contribution in [3.63, 3.8) is 0 Å². The summed E-state index contributed by atoms with van der Waals surface area (Å²) in [5.41, 5.74) is 2.22. The lowest BCUT2D eigenvalue weighted by molar-refractivity contribution is -0.384. The number of benzene rings is 2. The largest absolute Gasteiger partial charge is 0.497 e. The molecule has 2 aromatic carbocycles. The summed E-state index contributed by atoms with van der Waals surface area (Å²) in [6, 6.07) is 10.2. The molecule has 1 saturated heterocycles. The molecule has 0 bridgehead atoms. The number of hydrogen-bond donors (Lipinski definition) is 2. The summed E-state index contributed by atoms with van der Waals surface area (Å²) in [6.07, 6.45) is 2.67. The Morgan fingerprint density at radius 2 is 1.89 bits per heavy atom. The molecule has 11 heteroatoms. The number of hydrazine groups is 1. The SMILES string of the molecule is COc1ccc(-c2cc([N+](=O)[O-])ccc2OCC(=O)NN2C(=O)NC3(CCC(C)CC3)C2=O)cc1. The Hall–Kier alpha value is -4.15. The first-order valence-electron chi connectivity index (χ1n) is 11.2. The Morgan fingerprint density at radius 3 is 2.51 bits per heavy atom. The van der Waals surface area contributed by atoms with E-state index in [0.29, 0.717) is 40.6 Å². The van der Waals surface area contributed by atoms with Crippen molar-refractivity contribution < 1.29 is 28.8 Å². The van der Waals surface area contributed by atoms with Gasteiger partial charge in [0.1, 0.15) is 17.0 Å². The van der Waals surface area contributed by atoms with E-state index in [0.717, 1.165) is 12.8 Å². The third-order valence-electron chi connectivity index (χ3n) is 6.46. The summed E-state index contributed by atoms with van der Waals surface area (Å²) in [5.74, 6) is 0.125. The molecule has 2 N–H and O–H groups in total. The molecule has 0 aromatic heterocycles. The van der Waals surface area contributed by atoms with Crippen LogP contribution in [0, 0.1) is 16.0 Å². The van der Waals surface area contributed by atoms with Gasteiger partial charge in [-0.3, -0.25) is 25.1 Å². The van der Waals surface area contributed by atoms with E-state index in [1.54, 1.807) is 24.3 Å². The monoisotopic (exact) mass is 482 g/mol. The summed E-state index contributed by atoms with van der Waals surface area (Å²) in [6.45, 7) is 1.59. The van der Waals surface area contributed by atoms with Crippen molar-refractivity contribution in [2.24, 2.45) is 5.92 Å². The zero-order chi connectivity index (χ0) is 25.2. The molecule has 0 atom stereocenters. The van der Waals surface area contributed by atoms with Gasteiger partial charge in [0, 0.05) is 17.7 Å². The molecule has 4 rings (SSSR count). The molecule has 2 aromatic rings. The second-order valence-corrected chi connectivity index (χ2v) is 8.83. The van der Waals surface area contributed by atoms with E-state index in [9.17, 15) is 24.5 Å². The van der Waals surface area contributed by atoms with Gasteiger partial charge >= 0.3 is 6.03 Å². The average molecular weight is 482 g/mol. The van der Waals surface area contributed by atoms with Gasteiger partial charge in [0.05, 0.1) is 12.0 Å². The zero-order valence-corrected chi connectivity index (χ0v) is 19.4. The molecule has 2 fully saturated rings. The van der Waals surface area contributed by atoms with Crippen LogP contribution in [-0.2, 0) is 9.59 Å². The van der Waals surface area contributed by atoms with E-state index in [2.05, 4.69) is 17.7 Å². The lowest BCUT2D eigenvalue weighted by Gasteiger charge is -2.33. The number of hydrogen-bond acceptors (Lipinski definition) is 7. The van der Waals surface area contributed by atoms with Crippen LogP contribution in [0.3, 0.4) is 0 Å². The summed E-state index contributed by atoms with van der Waals surface area (Å²) < 4.78 is 10.8. The van der Waals surface area contributed by atoms with Gasteiger partial charge in [-0.2, -0.15) is 5.01 Å². The van der Waals surface area contributed by atoms with Crippen LogP contribution in [-0.4, -0.2) is 47.0 Å². The number of imide groups is 1. The van der Waals surface area contributed by atoms with Gasteiger partial charge in [-0.05, 0) is 55.4 Å². The van der Waals surface area contributed by atoms with Gasteiger partial charge in [0.15, 0.2) is 6.61 Å². The highest BCUT2D eigenvalue weighted by atomic mass is 16.6. The van der Waals surface area contributed by atoms with Crippen LogP contribution in [0.2, 0.25) is 0 Å². The van der Waals surface area contributed by atoms with E-state index in [1.165, 1.54) is 25.3 Å². The first-order chi connectivity index (χ1) is 16.7. The average Bonchev–Trinajstić information content (AvgIpc) is 3.08. The molecule has 1 saturated carbocycles. The number of carbonyl (C=O) groups is 3. The lowest BCUT2D eigenvalue weighted by Crippen LogP contribution is -2.52. The minimum absolute atomic E-state index is 0.140. The van der Waals surface area contributed by atoms with Crippen molar-refractivity contribution in [3.8, 4) is 22.6 Å². The van der Waals surface area contributed by atoms with E-state index in [-0.39, 0.29) is 11.4 Å². The number of rotatable bonds is 7. The highest BCUT2D eigenvalue weighted by Gasteiger charge is 2.52. The number of ether oxygens (including phenoxy) is 2. The maximum Gasteiger partial charge on any atom is 0.344 e. The van der Waals surface area contributed by atoms with Crippen molar-refractivity contribution in [1.82, 2.24) is 15.8 Å². The van der Waals surface area contributed by atoms with Crippen molar-refractivity contribution >= 4 is 23.5 Å². The third kappa shape index (κ3) is 4.88. The highest BCUT2D eigenvalue weighted by molar-refractivity contribution is 6.08. The molecule has 1 aliphatic carbocycles. The molecule has 11 nitrogen and oxygen atoms in total. The molecule has 184 valence electrons. The molecule has 2 aliphatic rings. The molecule has 1 spiro atoms. The fourth-order valence-electron chi connectivity index (χ4n) is 4.37. The van der Waals surface area contributed by atoms with E-state index < -0.39 is 34.9 Å². The molecule has 1 heterocycles. The summed E-state index contributed by atoms with van der Waals surface area (Å²) >= 11 is 0. The maximum atomic E-state index is 12.9. The van der Waals surface area contributed by atoms with Crippen molar-refractivity contribution in [2.45, 2.75) is 38.1 Å². The molecule has 4 amide bonds. The number of nitro benzene ring substituents is 1. The van der Waals surface area contributed by atoms with Crippen LogP contribution in [0.5, 0.6) is 11.5 Å². The number of nitrogens with zero attached hydrogens (tertiary/aromatic N) is 2. The molecule has 0 unspecified atom stereocenters. The topological polar surface area (TPSA) is 140 Å². The van der Waals surface area contributed by atoms with E-state index >= 15 is 0 Å². The Morgan fingerprint density at radius 1 is 1.20 bits per heavy atom. The van der Waals surface area contributed by atoms with Crippen molar-refractivity contribution in [2.75, 3.05) is 13.7 Å². The molecular weight excluding hydrogens is 456 g/mol. The molecule has 35 heavy (non-hydrogen) atoms. The van der Waals surface area contributed by atoms with Gasteiger partial charge < -0.3 is 14.8 Å². The first-order valence-corrected chi connectivity index (χ1v) is 11.2. The van der Waals surface area contributed by atoms with Crippen LogP contribution >= 0.6 is 0 Å². The first kappa shape index (κ1) is 24.0. The minimum Gasteiger partial charge on any atom is -0.497 e. The van der Waals surface area contributed by atoms with Crippen LogP contribution in [0.15, 0.2) is 42.5 Å². The van der Waals surface area contributed by atoms with Gasteiger partial charge in [-0.1, -0.05) is 19.1 Å². The Bertz CT molecular complexity index is 1160.